The van der Waals surface area contributed by atoms with Crippen LogP contribution >= 0.6 is 27.3 Å². The van der Waals surface area contributed by atoms with Crippen molar-refractivity contribution in [3.63, 3.8) is 0 Å². The third-order valence-electron chi connectivity index (χ3n) is 2.71. The molecule has 0 bridgehead atoms. The van der Waals surface area contributed by atoms with Gasteiger partial charge in [0.25, 0.3) is 5.56 Å². The Hall–Kier alpha value is -1.61. The van der Waals surface area contributed by atoms with E-state index in [1.54, 1.807) is 0 Å². The first kappa shape index (κ1) is 16.8. The quantitative estimate of drug-likeness (QED) is 0.866. The number of nitrogens with one attached hydrogen (secondary N) is 1. The molecule has 9 heteroatoms. The van der Waals surface area contributed by atoms with Gasteiger partial charge in [-0.2, -0.15) is 13.2 Å². The van der Waals surface area contributed by atoms with Crippen molar-refractivity contribution in [2.45, 2.75) is 19.3 Å². The first-order chi connectivity index (χ1) is 10.3. The highest BCUT2D eigenvalue weighted by atomic mass is 79.9. The van der Waals surface area contributed by atoms with Gasteiger partial charge in [0, 0.05) is 17.1 Å². The van der Waals surface area contributed by atoms with Gasteiger partial charge in [0.1, 0.15) is 6.54 Å². The van der Waals surface area contributed by atoms with Crippen molar-refractivity contribution in [2.75, 3.05) is 0 Å². The number of alkyl halides is 3. The zero-order valence-electron chi connectivity index (χ0n) is 11.0. The Morgan fingerprint density at radius 3 is 2.59 bits per heavy atom. The van der Waals surface area contributed by atoms with Crippen molar-refractivity contribution in [2.24, 2.45) is 0 Å². The van der Waals surface area contributed by atoms with E-state index in [9.17, 15) is 22.8 Å². The number of carbonyl (C=O) groups excluding carboxylic acids is 1. The molecule has 0 saturated carbocycles. The molecule has 1 N–H and O–H groups in total. The molecule has 22 heavy (non-hydrogen) atoms. The normalized spacial score (nSPS) is 11.5. The minimum atomic E-state index is -4.56. The molecule has 0 spiro atoms. The molecule has 0 atom stereocenters. The lowest BCUT2D eigenvalue weighted by Gasteiger charge is -2.10. The van der Waals surface area contributed by atoms with Gasteiger partial charge in [0.05, 0.1) is 15.9 Å². The summed E-state index contributed by atoms with van der Waals surface area (Å²) in [6.45, 7) is -0.210. The van der Waals surface area contributed by atoms with Crippen LogP contribution < -0.4 is 10.9 Å². The predicted molar refractivity (Wildman–Crippen MR) is 79.6 cm³/mol. The highest BCUT2D eigenvalue weighted by molar-refractivity contribution is 9.11. The number of carbonyl (C=O) groups is 1. The van der Waals surface area contributed by atoms with E-state index in [0.717, 1.165) is 19.3 Å². The highest BCUT2D eigenvalue weighted by Crippen LogP contribution is 2.28. The first-order valence-electron chi connectivity index (χ1n) is 6.04. The van der Waals surface area contributed by atoms with E-state index in [0.29, 0.717) is 12.3 Å². The van der Waals surface area contributed by atoms with E-state index >= 15 is 0 Å². The Morgan fingerprint density at radius 1 is 1.27 bits per heavy atom. The predicted octanol–water partition coefficient (Wildman–Crippen LogP) is 3.01. The van der Waals surface area contributed by atoms with Crippen LogP contribution in [0.2, 0.25) is 0 Å². The van der Waals surface area contributed by atoms with E-state index in [4.69, 9.17) is 0 Å². The van der Waals surface area contributed by atoms with E-state index in [1.807, 2.05) is 12.1 Å². The summed E-state index contributed by atoms with van der Waals surface area (Å²) in [7, 11) is 0. The van der Waals surface area contributed by atoms with E-state index < -0.39 is 29.8 Å². The van der Waals surface area contributed by atoms with Crippen molar-refractivity contribution in [1.29, 1.82) is 0 Å². The molecule has 2 rings (SSSR count). The number of amides is 1. The SMILES string of the molecule is O=C(Cn1cc(C(F)(F)F)ccc1=O)NCc1ccc(Br)s1. The van der Waals surface area contributed by atoms with Crippen LogP contribution in [0.3, 0.4) is 0 Å². The fourth-order valence-electron chi connectivity index (χ4n) is 1.67. The number of halogens is 4. The third kappa shape index (κ3) is 4.44. The summed E-state index contributed by atoms with van der Waals surface area (Å²) in [5, 5.41) is 2.56. The zero-order valence-corrected chi connectivity index (χ0v) is 13.4. The number of nitrogens with zero attached hydrogens (tertiary/aromatic N) is 1. The van der Waals surface area contributed by atoms with E-state index in [2.05, 4.69) is 21.2 Å². The summed E-state index contributed by atoms with van der Waals surface area (Å²) >= 11 is 4.71. The average Bonchev–Trinajstić information content (AvgIpc) is 2.83. The van der Waals surface area contributed by atoms with Crippen molar-refractivity contribution in [3.05, 3.63) is 55.0 Å². The molecule has 0 unspecified atom stereocenters. The van der Waals surface area contributed by atoms with Gasteiger partial charge in [-0.25, -0.2) is 0 Å². The van der Waals surface area contributed by atoms with Gasteiger partial charge in [-0.05, 0) is 34.1 Å². The topological polar surface area (TPSA) is 51.1 Å². The Morgan fingerprint density at radius 2 is 2.00 bits per heavy atom. The molecule has 118 valence electrons. The van der Waals surface area contributed by atoms with Crippen molar-refractivity contribution in [1.82, 2.24) is 9.88 Å². The molecule has 2 aromatic heterocycles. The Labute approximate surface area is 135 Å². The minimum absolute atomic E-state index is 0.253. The molecule has 0 aliphatic heterocycles. The minimum Gasteiger partial charge on any atom is -0.350 e. The monoisotopic (exact) mass is 394 g/mol. The number of aromatic nitrogens is 1. The molecule has 0 aliphatic rings. The fourth-order valence-corrected chi connectivity index (χ4v) is 3.09. The highest BCUT2D eigenvalue weighted by Gasteiger charge is 2.31. The summed E-state index contributed by atoms with van der Waals surface area (Å²) in [5.74, 6) is -0.536. The van der Waals surface area contributed by atoms with Crippen LogP contribution in [0.5, 0.6) is 0 Å². The van der Waals surface area contributed by atoms with Gasteiger partial charge in [-0.1, -0.05) is 0 Å². The molecule has 2 aromatic rings. The van der Waals surface area contributed by atoms with Crippen molar-refractivity contribution in [3.8, 4) is 0 Å². The van der Waals surface area contributed by atoms with E-state index in [1.165, 1.54) is 11.3 Å². The number of pyridine rings is 1. The molecule has 0 aliphatic carbocycles. The molecule has 2 heterocycles. The maximum atomic E-state index is 12.6. The lowest BCUT2D eigenvalue weighted by molar-refractivity contribution is -0.138. The molecule has 0 radical (unpaired) electrons. The van der Waals surface area contributed by atoms with Gasteiger partial charge in [-0.15, -0.1) is 11.3 Å². The van der Waals surface area contributed by atoms with Crippen molar-refractivity contribution >= 4 is 33.2 Å². The Bertz CT molecular complexity index is 739. The van der Waals surface area contributed by atoms with Crippen LogP contribution in [0.4, 0.5) is 13.2 Å². The van der Waals surface area contributed by atoms with Crippen LogP contribution in [0.25, 0.3) is 0 Å². The van der Waals surface area contributed by atoms with Gasteiger partial charge in [0.2, 0.25) is 5.91 Å². The van der Waals surface area contributed by atoms with Crippen LogP contribution in [0.1, 0.15) is 10.4 Å². The maximum Gasteiger partial charge on any atom is 0.417 e. The second kappa shape index (κ2) is 6.66. The average molecular weight is 395 g/mol. The summed E-state index contributed by atoms with van der Waals surface area (Å²) in [6.07, 6.45) is -3.92. The lowest BCUT2D eigenvalue weighted by atomic mass is 10.3. The second-order valence-corrected chi connectivity index (χ2v) is 6.91. The summed E-state index contributed by atoms with van der Waals surface area (Å²) < 4.78 is 39.4. The summed E-state index contributed by atoms with van der Waals surface area (Å²) in [5.41, 5.74) is -1.64. The number of thiophene rings is 1. The van der Waals surface area contributed by atoms with Gasteiger partial charge < -0.3 is 9.88 Å². The molecule has 0 aromatic carbocycles. The Kier molecular flexibility index (Phi) is 5.07. The molecule has 0 fully saturated rings. The van der Waals surface area contributed by atoms with Crippen LogP contribution in [0, 0.1) is 0 Å². The molecule has 4 nitrogen and oxygen atoms in total. The number of hydrogen-bond donors (Lipinski definition) is 1. The summed E-state index contributed by atoms with van der Waals surface area (Å²) in [4.78, 5) is 24.2. The van der Waals surface area contributed by atoms with Gasteiger partial charge in [-0.3, -0.25) is 9.59 Å². The van der Waals surface area contributed by atoms with Crippen LogP contribution in [0.15, 0.2) is 39.0 Å². The largest absolute Gasteiger partial charge is 0.417 e. The number of rotatable bonds is 4. The zero-order chi connectivity index (χ0) is 16.3. The first-order valence-corrected chi connectivity index (χ1v) is 7.65. The van der Waals surface area contributed by atoms with Crippen LogP contribution in [-0.4, -0.2) is 10.5 Å². The molecular formula is C13H10BrF3N2O2S. The third-order valence-corrected chi connectivity index (χ3v) is 4.34. The van der Waals surface area contributed by atoms with E-state index in [-0.39, 0.29) is 6.54 Å². The van der Waals surface area contributed by atoms with Crippen LogP contribution in [-0.2, 0) is 24.1 Å². The molecule has 1 amide bonds. The standard InChI is InChI=1S/C13H10BrF3N2O2S/c14-10-3-2-9(22-10)5-18-11(20)7-19-6-8(13(15,16)17)1-4-12(19)21/h1-4,6H,5,7H2,(H,18,20). The van der Waals surface area contributed by atoms with Gasteiger partial charge in [0.15, 0.2) is 0 Å². The summed E-state index contributed by atoms with van der Waals surface area (Å²) in [6, 6.07) is 5.13. The maximum absolute atomic E-state index is 12.6. The number of hydrogen-bond acceptors (Lipinski definition) is 3. The van der Waals surface area contributed by atoms with Gasteiger partial charge >= 0.3 is 6.18 Å². The second-order valence-electron chi connectivity index (χ2n) is 4.36. The lowest BCUT2D eigenvalue weighted by Crippen LogP contribution is -2.32. The fraction of sp³-hybridized carbons (Fsp3) is 0.231. The smallest absolute Gasteiger partial charge is 0.350 e. The van der Waals surface area contributed by atoms with Crippen molar-refractivity contribution < 1.29 is 18.0 Å². The molecular weight excluding hydrogens is 385 g/mol. The Balaban J connectivity index is 2.03. The molecule has 0 saturated heterocycles.